The molecule has 66 valence electrons. The molecule has 0 aromatic carbocycles. The molecule has 3 nitrogen and oxygen atoms in total. The van der Waals surface area contributed by atoms with Crippen molar-refractivity contribution in [3.8, 4) is 0 Å². The normalized spacial score (nSPS) is 25.2. The Kier molecular flexibility index (Phi) is 2.44. The topological polar surface area (TPSA) is 34.4 Å². The van der Waals surface area contributed by atoms with E-state index in [1.807, 2.05) is 12.1 Å². The second-order valence-electron chi connectivity index (χ2n) is 2.93. The molecule has 1 saturated heterocycles. The quantitative estimate of drug-likeness (QED) is 0.685. The van der Waals surface area contributed by atoms with Gasteiger partial charge >= 0.3 is 0 Å². The van der Waals surface area contributed by atoms with Crippen LogP contribution in [0.4, 0.5) is 0 Å². The molecule has 1 aliphatic heterocycles. The predicted octanol–water partition coefficient (Wildman–Crippen LogP) is 1.33. The lowest BCUT2D eigenvalue weighted by Crippen LogP contribution is -2.19. The van der Waals surface area contributed by atoms with E-state index in [4.69, 9.17) is 9.15 Å². The average Bonchev–Trinajstić information content (AvgIpc) is 2.48. The lowest BCUT2D eigenvalue weighted by molar-refractivity contribution is 0.0514. The molecule has 1 aliphatic rings. The maximum Gasteiger partial charge on any atom is 0.133 e. The molecule has 3 heteroatoms. The first kappa shape index (κ1) is 7.83. The zero-order chi connectivity index (χ0) is 8.23. The van der Waals surface area contributed by atoms with Gasteiger partial charge in [-0.2, -0.15) is 0 Å². The third-order valence-electron chi connectivity index (χ3n) is 2.01. The van der Waals surface area contributed by atoms with Gasteiger partial charge < -0.3 is 14.5 Å². The molecule has 0 aliphatic carbocycles. The minimum absolute atomic E-state index is 0.0995. The van der Waals surface area contributed by atoms with Gasteiger partial charge in [-0.15, -0.1) is 0 Å². The minimum Gasteiger partial charge on any atom is -0.467 e. The largest absolute Gasteiger partial charge is 0.467 e. The molecular weight excluding hydrogens is 154 g/mol. The van der Waals surface area contributed by atoms with Crippen LogP contribution in [0.25, 0.3) is 0 Å². The highest BCUT2D eigenvalue weighted by atomic mass is 16.5. The molecule has 0 bridgehead atoms. The first-order chi connectivity index (χ1) is 5.97. The van der Waals surface area contributed by atoms with Gasteiger partial charge in [-0.3, -0.25) is 0 Å². The van der Waals surface area contributed by atoms with Crippen LogP contribution in [0, 0.1) is 0 Å². The van der Waals surface area contributed by atoms with Crippen molar-refractivity contribution in [3.63, 3.8) is 0 Å². The lowest BCUT2D eigenvalue weighted by atomic mass is 10.3. The monoisotopic (exact) mass is 167 g/mol. The SMILES string of the molecule is c1coc(C2CNCCCO2)c1. The number of hydrogen-bond donors (Lipinski definition) is 1. The predicted molar refractivity (Wildman–Crippen MR) is 44.9 cm³/mol. The van der Waals surface area contributed by atoms with Crippen LogP contribution in [0.5, 0.6) is 0 Å². The van der Waals surface area contributed by atoms with E-state index >= 15 is 0 Å². The standard InChI is InChI=1S/C9H13NO2/c1-3-8(11-5-1)9-7-10-4-2-6-12-9/h1,3,5,9-10H,2,4,6-7H2. The summed E-state index contributed by atoms with van der Waals surface area (Å²) in [4.78, 5) is 0. The molecule has 12 heavy (non-hydrogen) atoms. The maximum absolute atomic E-state index is 5.59. The molecule has 2 rings (SSSR count). The molecule has 0 saturated carbocycles. The minimum atomic E-state index is 0.0995. The summed E-state index contributed by atoms with van der Waals surface area (Å²) in [5, 5.41) is 3.30. The zero-order valence-corrected chi connectivity index (χ0v) is 6.95. The van der Waals surface area contributed by atoms with E-state index in [1.54, 1.807) is 6.26 Å². The second kappa shape index (κ2) is 3.74. The highest BCUT2D eigenvalue weighted by molar-refractivity contribution is 5.03. The van der Waals surface area contributed by atoms with Crippen LogP contribution in [0.2, 0.25) is 0 Å². The van der Waals surface area contributed by atoms with Gasteiger partial charge in [-0.25, -0.2) is 0 Å². The molecule has 0 amide bonds. The van der Waals surface area contributed by atoms with Crippen molar-refractivity contribution < 1.29 is 9.15 Å². The van der Waals surface area contributed by atoms with Crippen molar-refractivity contribution in [2.45, 2.75) is 12.5 Å². The summed E-state index contributed by atoms with van der Waals surface area (Å²) in [6, 6.07) is 3.85. The number of ether oxygens (including phenoxy) is 1. The van der Waals surface area contributed by atoms with E-state index < -0.39 is 0 Å². The molecule has 1 fully saturated rings. The van der Waals surface area contributed by atoms with Crippen molar-refractivity contribution in [2.24, 2.45) is 0 Å². The van der Waals surface area contributed by atoms with Crippen LogP contribution in [0.3, 0.4) is 0 Å². The van der Waals surface area contributed by atoms with E-state index in [0.29, 0.717) is 0 Å². The molecule has 0 radical (unpaired) electrons. The summed E-state index contributed by atoms with van der Waals surface area (Å²) in [7, 11) is 0. The Morgan fingerprint density at radius 1 is 1.50 bits per heavy atom. The molecule has 1 atom stereocenters. The third-order valence-corrected chi connectivity index (χ3v) is 2.01. The molecule has 2 heterocycles. The van der Waals surface area contributed by atoms with Gasteiger partial charge in [0, 0.05) is 13.2 Å². The molecule has 1 N–H and O–H groups in total. The van der Waals surface area contributed by atoms with Crippen LogP contribution in [0.1, 0.15) is 18.3 Å². The van der Waals surface area contributed by atoms with Gasteiger partial charge in [-0.1, -0.05) is 0 Å². The Balaban J connectivity index is 2.02. The highest BCUT2D eigenvalue weighted by Crippen LogP contribution is 2.18. The van der Waals surface area contributed by atoms with E-state index in [9.17, 15) is 0 Å². The first-order valence-electron chi connectivity index (χ1n) is 4.32. The summed E-state index contributed by atoms with van der Waals surface area (Å²) in [6.45, 7) is 2.71. The van der Waals surface area contributed by atoms with Crippen LogP contribution in [-0.2, 0) is 4.74 Å². The summed E-state index contributed by atoms with van der Waals surface area (Å²) in [6.07, 6.45) is 2.86. The Morgan fingerprint density at radius 2 is 2.50 bits per heavy atom. The summed E-state index contributed by atoms with van der Waals surface area (Å²) in [5.74, 6) is 0.921. The summed E-state index contributed by atoms with van der Waals surface area (Å²) in [5.41, 5.74) is 0. The van der Waals surface area contributed by atoms with Crippen molar-refractivity contribution in [1.29, 1.82) is 0 Å². The number of furan rings is 1. The Labute approximate surface area is 71.7 Å². The molecule has 1 aromatic heterocycles. The van der Waals surface area contributed by atoms with Crippen LogP contribution in [-0.4, -0.2) is 19.7 Å². The van der Waals surface area contributed by atoms with Crippen LogP contribution in [0.15, 0.2) is 22.8 Å². The molecule has 0 spiro atoms. The van der Waals surface area contributed by atoms with Crippen molar-refractivity contribution in [3.05, 3.63) is 24.2 Å². The Bertz CT molecular complexity index is 212. The number of nitrogens with one attached hydrogen (secondary N) is 1. The molecular formula is C9H13NO2. The summed E-state index contributed by atoms with van der Waals surface area (Å²) < 4.78 is 10.9. The lowest BCUT2D eigenvalue weighted by Gasteiger charge is -2.11. The van der Waals surface area contributed by atoms with Crippen LogP contribution < -0.4 is 5.32 Å². The van der Waals surface area contributed by atoms with Crippen molar-refractivity contribution >= 4 is 0 Å². The molecule has 1 unspecified atom stereocenters. The fourth-order valence-electron chi connectivity index (χ4n) is 1.37. The smallest absolute Gasteiger partial charge is 0.133 e. The average molecular weight is 167 g/mol. The van der Waals surface area contributed by atoms with E-state index in [1.165, 1.54) is 0 Å². The Hall–Kier alpha value is -0.800. The number of rotatable bonds is 1. The fourth-order valence-corrected chi connectivity index (χ4v) is 1.37. The van der Waals surface area contributed by atoms with Gasteiger partial charge in [0.25, 0.3) is 0 Å². The molecule has 1 aromatic rings. The highest BCUT2D eigenvalue weighted by Gasteiger charge is 2.16. The van der Waals surface area contributed by atoms with E-state index in [-0.39, 0.29) is 6.10 Å². The first-order valence-corrected chi connectivity index (χ1v) is 4.32. The maximum atomic E-state index is 5.59. The van der Waals surface area contributed by atoms with Gasteiger partial charge in [0.05, 0.1) is 6.26 Å². The zero-order valence-electron chi connectivity index (χ0n) is 6.95. The van der Waals surface area contributed by atoms with E-state index in [0.717, 1.165) is 31.9 Å². The van der Waals surface area contributed by atoms with Crippen molar-refractivity contribution in [2.75, 3.05) is 19.7 Å². The third kappa shape index (κ3) is 1.68. The van der Waals surface area contributed by atoms with E-state index in [2.05, 4.69) is 5.32 Å². The Morgan fingerprint density at radius 3 is 3.33 bits per heavy atom. The van der Waals surface area contributed by atoms with Gasteiger partial charge in [0.2, 0.25) is 0 Å². The summed E-state index contributed by atoms with van der Waals surface area (Å²) >= 11 is 0. The van der Waals surface area contributed by atoms with Crippen LogP contribution >= 0.6 is 0 Å². The van der Waals surface area contributed by atoms with Gasteiger partial charge in [0.1, 0.15) is 11.9 Å². The number of hydrogen-bond acceptors (Lipinski definition) is 3. The van der Waals surface area contributed by atoms with Gasteiger partial charge in [-0.05, 0) is 25.1 Å². The van der Waals surface area contributed by atoms with Crippen molar-refractivity contribution in [1.82, 2.24) is 5.32 Å². The van der Waals surface area contributed by atoms with Gasteiger partial charge in [0.15, 0.2) is 0 Å². The second-order valence-corrected chi connectivity index (χ2v) is 2.93. The fraction of sp³-hybridized carbons (Fsp3) is 0.556.